The van der Waals surface area contributed by atoms with E-state index in [1.54, 1.807) is 35.2 Å². The Hall–Kier alpha value is -2.09. The molecule has 6 nitrogen and oxygen atoms in total. The van der Waals surface area contributed by atoms with Crippen molar-refractivity contribution < 1.29 is 13.2 Å². The van der Waals surface area contributed by atoms with Gasteiger partial charge in [0, 0.05) is 31.0 Å². The Labute approximate surface area is 178 Å². The van der Waals surface area contributed by atoms with Crippen molar-refractivity contribution in [3.8, 4) is 0 Å². The van der Waals surface area contributed by atoms with E-state index in [4.69, 9.17) is 5.73 Å². The van der Waals surface area contributed by atoms with Crippen LogP contribution in [0.2, 0.25) is 0 Å². The van der Waals surface area contributed by atoms with Crippen LogP contribution in [0.3, 0.4) is 0 Å². The molecule has 156 valence electrons. The van der Waals surface area contributed by atoms with Crippen LogP contribution in [0, 0.1) is 5.92 Å². The molecule has 1 saturated heterocycles. The number of nitrogen functional groups attached to an aromatic ring is 1. The van der Waals surface area contributed by atoms with Crippen LogP contribution in [0.1, 0.15) is 24.8 Å². The zero-order valence-electron chi connectivity index (χ0n) is 16.2. The van der Waals surface area contributed by atoms with E-state index in [1.807, 2.05) is 18.2 Å². The Morgan fingerprint density at radius 2 is 1.76 bits per heavy atom. The summed E-state index contributed by atoms with van der Waals surface area (Å²) in [6.45, 7) is 1.33. The van der Waals surface area contributed by atoms with Crippen LogP contribution >= 0.6 is 12.4 Å². The van der Waals surface area contributed by atoms with E-state index in [0.717, 1.165) is 24.1 Å². The first kappa shape index (κ1) is 21.6. The smallest absolute Gasteiger partial charge is 0.243 e. The second kappa shape index (κ2) is 8.73. The molecule has 1 fully saturated rings. The first-order valence-electron chi connectivity index (χ1n) is 9.72. The fourth-order valence-corrected chi connectivity index (χ4v) is 5.75. The Balaban J connectivity index is 0.00000240. The quantitative estimate of drug-likeness (QED) is 0.751. The van der Waals surface area contributed by atoms with Crippen molar-refractivity contribution in [1.29, 1.82) is 0 Å². The first-order valence-corrected chi connectivity index (χ1v) is 11.2. The molecule has 1 unspecified atom stereocenters. The van der Waals surface area contributed by atoms with Crippen LogP contribution in [0.15, 0.2) is 53.4 Å². The molecule has 1 atom stereocenters. The second-order valence-electron chi connectivity index (χ2n) is 7.45. The molecule has 0 bridgehead atoms. The Kier molecular flexibility index (Phi) is 6.51. The number of anilines is 2. The average Bonchev–Trinajstić information content (AvgIpc) is 2.74. The van der Waals surface area contributed by atoms with Gasteiger partial charge in [-0.1, -0.05) is 24.3 Å². The molecule has 29 heavy (non-hydrogen) atoms. The summed E-state index contributed by atoms with van der Waals surface area (Å²) < 4.78 is 27.4. The predicted octanol–water partition coefficient (Wildman–Crippen LogP) is 3.07. The van der Waals surface area contributed by atoms with Gasteiger partial charge in [0.2, 0.25) is 15.9 Å². The summed E-state index contributed by atoms with van der Waals surface area (Å²) in [4.78, 5) is 15.4. The minimum atomic E-state index is -3.58. The van der Waals surface area contributed by atoms with Crippen LogP contribution in [-0.4, -0.2) is 38.3 Å². The number of nitrogens with zero attached hydrogens (tertiary/aromatic N) is 2. The molecule has 0 aromatic heterocycles. The molecule has 4 rings (SSSR count). The Bertz CT molecular complexity index is 982. The summed E-state index contributed by atoms with van der Waals surface area (Å²) in [6.07, 6.45) is 3.12. The molecule has 1 amide bonds. The third-order valence-corrected chi connectivity index (χ3v) is 7.55. The summed E-state index contributed by atoms with van der Waals surface area (Å²) in [5.41, 5.74) is 8.71. The van der Waals surface area contributed by atoms with Gasteiger partial charge in [-0.05, 0) is 55.5 Å². The number of fused-ring (bicyclic) bond motifs is 1. The number of piperidine rings is 1. The van der Waals surface area contributed by atoms with E-state index >= 15 is 0 Å². The van der Waals surface area contributed by atoms with Crippen molar-refractivity contribution in [1.82, 2.24) is 4.31 Å². The summed E-state index contributed by atoms with van der Waals surface area (Å²) in [5.74, 6) is -0.334. The van der Waals surface area contributed by atoms with Crippen LogP contribution < -0.4 is 10.6 Å². The zero-order chi connectivity index (χ0) is 19.7. The minimum absolute atomic E-state index is 0. The third kappa shape index (κ3) is 4.13. The van der Waals surface area contributed by atoms with E-state index in [-0.39, 0.29) is 35.7 Å². The summed E-state index contributed by atoms with van der Waals surface area (Å²) in [6, 6.07) is 14.1. The third-order valence-electron chi connectivity index (χ3n) is 5.67. The van der Waals surface area contributed by atoms with E-state index < -0.39 is 10.0 Å². The molecule has 2 N–H and O–H groups in total. The number of amides is 1. The van der Waals surface area contributed by atoms with Crippen LogP contribution in [0.25, 0.3) is 0 Å². The molecule has 0 saturated carbocycles. The lowest BCUT2D eigenvalue weighted by Gasteiger charge is -2.36. The van der Waals surface area contributed by atoms with Gasteiger partial charge in [-0.25, -0.2) is 8.42 Å². The molecule has 2 heterocycles. The molecule has 8 heteroatoms. The Morgan fingerprint density at radius 1 is 1.00 bits per heavy atom. The van der Waals surface area contributed by atoms with Crippen molar-refractivity contribution in [3.63, 3.8) is 0 Å². The highest BCUT2D eigenvalue weighted by molar-refractivity contribution is 7.89. The number of sulfonamides is 1. The van der Waals surface area contributed by atoms with Crippen molar-refractivity contribution in [2.75, 3.05) is 30.3 Å². The highest BCUT2D eigenvalue weighted by Gasteiger charge is 2.36. The molecule has 2 aliphatic heterocycles. The van der Waals surface area contributed by atoms with Gasteiger partial charge >= 0.3 is 0 Å². The predicted molar refractivity (Wildman–Crippen MR) is 117 cm³/mol. The lowest BCUT2D eigenvalue weighted by Crippen LogP contribution is -2.48. The minimum Gasteiger partial charge on any atom is -0.398 e. The summed E-state index contributed by atoms with van der Waals surface area (Å²) in [7, 11) is -3.58. The molecule has 0 spiro atoms. The van der Waals surface area contributed by atoms with Gasteiger partial charge in [-0.3, -0.25) is 4.79 Å². The number of carbonyl (C=O) groups is 1. The van der Waals surface area contributed by atoms with Crippen molar-refractivity contribution in [3.05, 3.63) is 54.1 Å². The maximum Gasteiger partial charge on any atom is 0.243 e. The number of hydrogen-bond donors (Lipinski definition) is 1. The van der Waals surface area contributed by atoms with E-state index in [2.05, 4.69) is 0 Å². The van der Waals surface area contributed by atoms with Crippen molar-refractivity contribution >= 4 is 39.7 Å². The molecule has 0 radical (unpaired) electrons. The van der Waals surface area contributed by atoms with Gasteiger partial charge in [-0.15, -0.1) is 12.4 Å². The summed E-state index contributed by atoms with van der Waals surface area (Å²) in [5, 5.41) is 0. The van der Waals surface area contributed by atoms with Gasteiger partial charge in [0.05, 0.1) is 10.8 Å². The molecular formula is C21H26ClN3O3S. The molecule has 0 aliphatic carbocycles. The SMILES string of the molecule is Cl.Nc1cccc2c1CCCN2C(=O)C1CCCN(S(=O)(=O)c2ccccc2)C1. The van der Waals surface area contributed by atoms with Gasteiger partial charge in [0.15, 0.2) is 0 Å². The van der Waals surface area contributed by atoms with Crippen LogP contribution in [0.5, 0.6) is 0 Å². The Morgan fingerprint density at radius 3 is 2.52 bits per heavy atom. The fraction of sp³-hybridized carbons (Fsp3) is 0.381. The highest BCUT2D eigenvalue weighted by atomic mass is 35.5. The van der Waals surface area contributed by atoms with Crippen molar-refractivity contribution in [2.45, 2.75) is 30.6 Å². The molecule has 2 aliphatic rings. The topological polar surface area (TPSA) is 83.7 Å². The van der Waals surface area contributed by atoms with Gasteiger partial charge in [0.1, 0.15) is 0 Å². The van der Waals surface area contributed by atoms with Gasteiger partial charge in [-0.2, -0.15) is 4.31 Å². The normalized spacial score (nSPS) is 19.9. The molecule has 2 aromatic carbocycles. The fourth-order valence-electron chi connectivity index (χ4n) is 4.20. The number of nitrogens with two attached hydrogens (primary N) is 1. The first-order chi connectivity index (χ1) is 13.5. The number of benzene rings is 2. The monoisotopic (exact) mass is 435 g/mol. The van der Waals surface area contributed by atoms with Gasteiger partial charge in [0.25, 0.3) is 0 Å². The highest BCUT2D eigenvalue weighted by Crippen LogP contribution is 2.34. The lowest BCUT2D eigenvalue weighted by molar-refractivity contribution is -0.123. The number of hydrogen-bond acceptors (Lipinski definition) is 4. The maximum absolute atomic E-state index is 13.3. The molecule has 2 aromatic rings. The second-order valence-corrected chi connectivity index (χ2v) is 9.39. The largest absolute Gasteiger partial charge is 0.398 e. The average molecular weight is 436 g/mol. The number of carbonyl (C=O) groups excluding carboxylic acids is 1. The molecular weight excluding hydrogens is 410 g/mol. The van der Waals surface area contributed by atoms with Gasteiger partial charge < -0.3 is 10.6 Å². The number of halogens is 1. The zero-order valence-corrected chi connectivity index (χ0v) is 17.8. The van der Waals surface area contributed by atoms with E-state index in [1.165, 1.54) is 4.31 Å². The lowest BCUT2D eigenvalue weighted by atomic mass is 9.94. The number of rotatable bonds is 3. The van der Waals surface area contributed by atoms with E-state index in [9.17, 15) is 13.2 Å². The maximum atomic E-state index is 13.3. The summed E-state index contributed by atoms with van der Waals surface area (Å²) >= 11 is 0. The van der Waals surface area contributed by atoms with E-state index in [0.29, 0.717) is 31.6 Å². The van der Waals surface area contributed by atoms with Crippen molar-refractivity contribution in [2.24, 2.45) is 5.92 Å². The van der Waals surface area contributed by atoms with Crippen LogP contribution in [-0.2, 0) is 21.2 Å². The standard InChI is InChI=1S/C21H25N3O3S.ClH/c22-19-11-4-12-20-18(19)10-6-14-24(20)21(25)16-7-5-13-23(15-16)28(26,27)17-8-2-1-3-9-17;/h1-4,8-9,11-12,16H,5-7,10,13-15,22H2;1H. The van der Waals surface area contributed by atoms with Crippen LogP contribution in [0.4, 0.5) is 11.4 Å².